The maximum absolute atomic E-state index is 14.4. The zero-order valence-electron chi connectivity index (χ0n) is 22.4. The van der Waals surface area contributed by atoms with Gasteiger partial charge in [-0.05, 0) is 59.7 Å². The summed E-state index contributed by atoms with van der Waals surface area (Å²) in [7, 11) is 0. The Morgan fingerprint density at radius 3 is 2.45 bits per heavy atom. The Labute approximate surface area is 235 Å². The smallest absolute Gasteiger partial charge is 0.240 e. The molecule has 1 atom stereocenters. The molecule has 0 saturated carbocycles. The Bertz CT molecular complexity index is 1530. The second-order valence-corrected chi connectivity index (χ2v) is 11.7. The molecule has 0 aliphatic carbocycles. The zero-order valence-corrected chi connectivity index (χ0v) is 23.2. The van der Waals surface area contributed by atoms with Crippen LogP contribution in [0.5, 0.6) is 0 Å². The maximum Gasteiger partial charge on any atom is 0.240 e. The van der Waals surface area contributed by atoms with Crippen LogP contribution in [0.25, 0.3) is 5.69 Å². The van der Waals surface area contributed by atoms with Gasteiger partial charge in [0.15, 0.2) is 0 Å². The van der Waals surface area contributed by atoms with Crippen molar-refractivity contribution in [3.63, 3.8) is 0 Å². The summed E-state index contributed by atoms with van der Waals surface area (Å²) < 4.78 is 29.9. The van der Waals surface area contributed by atoms with Gasteiger partial charge in [0.2, 0.25) is 11.8 Å². The highest BCUT2D eigenvalue weighted by Gasteiger charge is 2.40. The average Bonchev–Trinajstić information content (AvgIpc) is 3.26. The van der Waals surface area contributed by atoms with E-state index in [1.807, 2.05) is 26.8 Å². The molecule has 5 rings (SSSR count). The van der Waals surface area contributed by atoms with Gasteiger partial charge in [-0.1, -0.05) is 32.9 Å². The third-order valence-corrected chi connectivity index (χ3v) is 7.82. The van der Waals surface area contributed by atoms with Gasteiger partial charge in [0, 0.05) is 29.9 Å². The summed E-state index contributed by atoms with van der Waals surface area (Å²) in [5.41, 5.74) is 3.05. The number of fused-ring (bicyclic) bond motifs is 1. The highest BCUT2D eigenvalue weighted by Crippen LogP contribution is 2.48. The van der Waals surface area contributed by atoms with Crippen LogP contribution in [0.3, 0.4) is 0 Å². The summed E-state index contributed by atoms with van der Waals surface area (Å²) in [5, 5.41) is 7.39. The molecular formula is C30H29F2N5O2S. The van der Waals surface area contributed by atoms with Gasteiger partial charge in [-0.25, -0.2) is 13.5 Å². The van der Waals surface area contributed by atoms with Crippen molar-refractivity contribution in [2.45, 2.75) is 38.0 Å². The molecule has 1 N–H and O–H groups in total. The molecule has 0 bridgehead atoms. The Kier molecular flexibility index (Phi) is 7.71. The molecule has 10 heteroatoms. The molecule has 0 fully saturated rings. The van der Waals surface area contributed by atoms with Gasteiger partial charge in [-0.3, -0.25) is 19.5 Å². The molecule has 2 aromatic heterocycles. The number of benzene rings is 2. The molecule has 2 amide bonds. The quantitative estimate of drug-likeness (QED) is 0.344. The average molecular weight is 562 g/mol. The highest BCUT2D eigenvalue weighted by atomic mass is 32.2. The molecule has 4 aromatic rings. The van der Waals surface area contributed by atoms with E-state index in [2.05, 4.69) is 10.3 Å². The van der Waals surface area contributed by atoms with Crippen LogP contribution in [0.4, 0.5) is 14.6 Å². The predicted octanol–water partition coefficient (Wildman–Crippen LogP) is 5.33. The standard InChI is InChI=1S/C30H29F2N5O2S/c1-30(2,3)28-26-27(20-5-4-6-22(32)15-20)40-18-25(39)36(17-24(38)34-16-19-11-13-33-14-12-19)29(26)37(35-28)23-9-7-21(31)8-10-23/h4-15,27H,16-18H2,1-3H3,(H,34,38)/t27-/m1/s1. The van der Waals surface area contributed by atoms with Crippen LogP contribution in [-0.4, -0.2) is 38.9 Å². The molecular weight excluding hydrogens is 532 g/mol. The van der Waals surface area contributed by atoms with Gasteiger partial charge in [0.25, 0.3) is 0 Å². The number of hydrogen-bond acceptors (Lipinski definition) is 5. The van der Waals surface area contributed by atoms with E-state index in [1.165, 1.54) is 40.9 Å². The van der Waals surface area contributed by atoms with Crippen molar-refractivity contribution >= 4 is 29.4 Å². The van der Waals surface area contributed by atoms with Crippen molar-refractivity contribution in [2.24, 2.45) is 0 Å². The van der Waals surface area contributed by atoms with E-state index >= 15 is 0 Å². The van der Waals surface area contributed by atoms with Crippen LogP contribution in [-0.2, 0) is 21.5 Å². The molecule has 1 aliphatic heterocycles. The van der Waals surface area contributed by atoms with Crippen LogP contribution >= 0.6 is 11.8 Å². The van der Waals surface area contributed by atoms with Gasteiger partial charge in [-0.2, -0.15) is 5.10 Å². The van der Waals surface area contributed by atoms with E-state index in [1.54, 1.807) is 47.4 Å². The molecule has 2 aromatic carbocycles. The SMILES string of the molecule is CC(C)(C)c1nn(-c2ccc(F)cc2)c2c1[C@@H](c1cccc(F)c1)SCC(=O)N2CC(=O)NCc1ccncc1. The Balaban J connectivity index is 1.65. The largest absolute Gasteiger partial charge is 0.350 e. The van der Waals surface area contributed by atoms with E-state index in [0.717, 1.165) is 11.1 Å². The fraction of sp³-hybridized carbons (Fsp3) is 0.267. The number of carbonyl (C=O) groups excluding carboxylic acids is 2. The third-order valence-electron chi connectivity index (χ3n) is 6.56. The third kappa shape index (κ3) is 5.77. The number of hydrogen-bond donors (Lipinski definition) is 1. The molecule has 40 heavy (non-hydrogen) atoms. The topological polar surface area (TPSA) is 80.1 Å². The fourth-order valence-corrected chi connectivity index (χ4v) is 5.86. The zero-order chi connectivity index (χ0) is 28.4. The Hall–Kier alpha value is -4.05. The van der Waals surface area contributed by atoms with Crippen LogP contribution in [0.2, 0.25) is 0 Å². The number of amides is 2. The van der Waals surface area contributed by atoms with Crippen molar-refractivity contribution in [3.05, 3.63) is 107 Å². The lowest BCUT2D eigenvalue weighted by Gasteiger charge is -2.24. The first-order valence-corrected chi connectivity index (χ1v) is 13.9. The van der Waals surface area contributed by atoms with E-state index in [0.29, 0.717) is 22.8 Å². The molecule has 0 unspecified atom stereocenters. The van der Waals surface area contributed by atoms with E-state index < -0.39 is 16.5 Å². The highest BCUT2D eigenvalue weighted by molar-refractivity contribution is 8.00. The van der Waals surface area contributed by atoms with Crippen molar-refractivity contribution in [1.29, 1.82) is 0 Å². The van der Waals surface area contributed by atoms with Crippen molar-refractivity contribution in [1.82, 2.24) is 20.1 Å². The number of nitrogens with one attached hydrogen (secondary N) is 1. The lowest BCUT2D eigenvalue weighted by atomic mass is 9.87. The molecule has 0 radical (unpaired) electrons. The Morgan fingerprint density at radius 2 is 1.77 bits per heavy atom. The Morgan fingerprint density at radius 1 is 1.05 bits per heavy atom. The van der Waals surface area contributed by atoms with E-state index in [4.69, 9.17) is 5.10 Å². The number of pyridine rings is 1. The number of nitrogens with zero attached hydrogens (tertiary/aromatic N) is 4. The maximum atomic E-state index is 14.4. The molecule has 3 heterocycles. The fourth-order valence-electron chi connectivity index (χ4n) is 4.67. The summed E-state index contributed by atoms with van der Waals surface area (Å²) in [4.78, 5) is 32.3. The first-order chi connectivity index (χ1) is 19.1. The van der Waals surface area contributed by atoms with Crippen molar-refractivity contribution in [2.75, 3.05) is 17.2 Å². The number of thioether (sulfide) groups is 1. The number of anilines is 1. The predicted molar refractivity (Wildman–Crippen MR) is 151 cm³/mol. The summed E-state index contributed by atoms with van der Waals surface area (Å²) >= 11 is 1.37. The molecule has 0 saturated heterocycles. The van der Waals surface area contributed by atoms with E-state index in [9.17, 15) is 18.4 Å². The minimum Gasteiger partial charge on any atom is -0.350 e. The minimum atomic E-state index is -0.468. The number of halogens is 2. The summed E-state index contributed by atoms with van der Waals surface area (Å²) in [5.74, 6) is -0.941. The van der Waals surface area contributed by atoms with E-state index in [-0.39, 0.29) is 36.5 Å². The number of carbonyl (C=O) groups is 2. The van der Waals surface area contributed by atoms with Gasteiger partial charge in [0.05, 0.1) is 22.4 Å². The van der Waals surface area contributed by atoms with Crippen LogP contribution in [0.1, 0.15) is 48.4 Å². The van der Waals surface area contributed by atoms with Gasteiger partial charge >= 0.3 is 0 Å². The van der Waals surface area contributed by atoms with Gasteiger partial charge < -0.3 is 5.32 Å². The lowest BCUT2D eigenvalue weighted by molar-refractivity contribution is -0.123. The number of rotatable bonds is 6. The summed E-state index contributed by atoms with van der Waals surface area (Å²) in [6.07, 6.45) is 3.29. The monoisotopic (exact) mass is 561 g/mol. The molecule has 0 spiro atoms. The first-order valence-electron chi connectivity index (χ1n) is 12.8. The lowest BCUT2D eigenvalue weighted by Crippen LogP contribution is -2.42. The molecule has 206 valence electrons. The molecule has 1 aliphatic rings. The first kappa shape index (κ1) is 27.5. The van der Waals surface area contributed by atoms with Crippen LogP contribution in [0.15, 0.2) is 73.1 Å². The second kappa shape index (κ2) is 11.2. The van der Waals surface area contributed by atoms with Crippen LogP contribution < -0.4 is 10.2 Å². The van der Waals surface area contributed by atoms with Gasteiger partial charge in [-0.15, -0.1) is 11.8 Å². The van der Waals surface area contributed by atoms with Crippen molar-refractivity contribution in [3.8, 4) is 5.69 Å². The number of aromatic nitrogens is 3. The second-order valence-electron chi connectivity index (χ2n) is 10.6. The molecule has 7 nitrogen and oxygen atoms in total. The summed E-state index contributed by atoms with van der Waals surface area (Å²) in [6, 6.07) is 15.7. The summed E-state index contributed by atoms with van der Waals surface area (Å²) in [6.45, 7) is 6.06. The normalized spacial score (nSPS) is 15.5. The minimum absolute atomic E-state index is 0.0699. The van der Waals surface area contributed by atoms with Crippen LogP contribution in [0, 0.1) is 11.6 Å². The van der Waals surface area contributed by atoms with Crippen molar-refractivity contribution < 1.29 is 18.4 Å². The van der Waals surface area contributed by atoms with Gasteiger partial charge in [0.1, 0.15) is 24.0 Å².